The maximum Gasteiger partial charge on any atom is -0.0352 e. The van der Waals surface area contributed by atoms with E-state index in [0.717, 1.165) is 0 Å². The summed E-state index contributed by atoms with van der Waals surface area (Å²) in [5.74, 6) is 0. The van der Waals surface area contributed by atoms with Crippen LogP contribution < -0.4 is 0 Å². The molecule has 0 heterocycles. The van der Waals surface area contributed by atoms with Gasteiger partial charge < -0.3 is 0 Å². The van der Waals surface area contributed by atoms with Crippen LogP contribution >= 0.6 is 0 Å². The summed E-state index contributed by atoms with van der Waals surface area (Å²) in [6.07, 6.45) is 11.4. The molecule has 0 unspecified atom stereocenters. The summed E-state index contributed by atoms with van der Waals surface area (Å²) in [5.41, 5.74) is 1.50. The lowest BCUT2D eigenvalue weighted by Crippen LogP contribution is -1.67. The van der Waals surface area contributed by atoms with Crippen LogP contribution in [0.5, 0.6) is 0 Å². The number of hydrogen-bond acceptors (Lipinski definition) is 0. The van der Waals surface area contributed by atoms with Gasteiger partial charge in [0.2, 0.25) is 0 Å². The molecule has 0 fully saturated rings. The molecule has 17 heavy (non-hydrogen) atoms. The van der Waals surface area contributed by atoms with Gasteiger partial charge in [0.05, 0.1) is 0 Å². The average molecular weight is 247 g/mol. The molecule has 0 aliphatic rings. The van der Waals surface area contributed by atoms with Gasteiger partial charge in [-0.25, -0.2) is 0 Å². The molecule has 0 aliphatic heterocycles. The average Bonchev–Trinajstić information content (AvgIpc) is 2.16. The second-order valence-electron chi connectivity index (χ2n) is 3.10. The van der Waals surface area contributed by atoms with Crippen LogP contribution in [-0.2, 0) is 0 Å². The van der Waals surface area contributed by atoms with E-state index < -0.39 is 0 Å². The first-order valence-corrected chi connectivity index (χ1v) is 5.53. The van der Waals surface area contributed by atoms with E-state index >= 15 is 0 Å². The van der Waals surface area contributed by atoms with E-state index in [4.69, 9.17) is 0 Å². The lowest BCUT2D eigenvalue weighted by Gasteiger charge is -1.88. The van der Waals surface area contributed by atoms with Crippen molar-refractivity contribution in [1.29, 1.82) is 0 Å². The highest BCUT2D eigenvalue weighted by Gasteiger charge is 1.76. The van der Waals surface area contributed by atoms with E-state index in [-0.39, 0.29) is 29.7 Å². The third kappa shape index (κ3) is 50.3. The topological polar surface area (TPSA) is 0 Å². The van der Waals surface area contributed by atoms with Gasteiger partial charge in [-0.2, -0.15) is 0 Å². The molecular formula is C17H42. The normalized spacial score (nSPS) is 8.65. The summed E-state index contributed by atoms with van der Waals surface area (Å²) in [6, 6.07) is 0. The van der Waals surface area contributed by atoms with Crippen molar-refractivity contribution in [1.82, 2.24) is 0 Å². The van der Waals surface area contributed by atoms with Gasteiger partial charge in [-0.05, 0) is 32.6 Å². The van der Waals surface area contributed by atoms with Crippen molar-refractivity contribution in [2.75, 3.05) is 0 Å². The summed E-state index contributed by atoms with van der Waals surface area (Å²) in [6.45, 7) is 10.8. The molecule has 0 aromatic rings. The molecule has 0 spiro atoms. The molecule has 0 aromatic heterocycles. The second kappa shape index (κ2) is 36.1. The van der Waals surface area contributed by atoms with Crippen molar-refractivity contribution in [3.05, 3.63) is 23.8 Å². The van der Waals surface area contributed by atoms with Gasteiger partial charge >= 0.3 is 0 Å². The van der Waals surface area contributed by atoms with E-state index in [2.05, 4.69) is 52.8 Å². The van der Waals surface area contributed by atoms with Crippen molar-refractivity contribution >= 4 is 0 Å². The molecule has 0 nitrogen and oxygen atoms in total. The second-order valence-corrected chi connectivity index (χ2v) is 3.10. The Kier molecular flexibility index (Phi) is 76.4. The Labute approximate surface area is 114 Å². The van der Waals surface area contributed by atoms with Crippen LogP contribution in [0.2, 0.25) is 0 Å². The molecule has 0 atom stereocenters. The molecule has 0 saturated heterocycles. The van der Waals surface area contributed by atoms with Gasteiger partial charge in [0, 0.05) is 0 Å². The van der Waals surface area contributed by atoms with Gasteiger partial charge in [-0.15, -0.1) is 0 Å². The van der Waals surface area contributed by atoms with Crippen molar-refractivity contribution in [3.8, 4) is 0 Å². The van der Waals surface area contributed by atoms with Gasteiger partial charge in [0.1, 0.15) is 0 Å². The van der Waals surface area contributed by atoms with Crippen LogP contribution in [0.15, 0.2) is 23.8 Å². The van der Waals surface area contributed by atoms with Crippen LogP contribution in [0.25, 0.3) is 0 Å². The summed E-state index contributed by atoms with van der Waals surface area (Å²) >= 11 is 0. The fraction of sp³-hybridized carbons (Fsp3) is 0.765. The zero-order chi connectivity index (χ0) is 10.5. The molecule has 0 amide bonds. The van der Waals surface area contributed by atoms with Gasteiger partial charge in [-0.1, -0.05) is 81.2 Å². The number of rotatable bonds is 4. The summed E-state index contributed by atoms with van der Waals surface area (Å²) in [4.78, 5) is 0. The highest BCUT2D eigenvalue weighted by Crippen LogP contribution is 1.97. The highest BCUT2D eigenvalue weighted by atomic mass is 13.8. The van der Waals surface area contributed by atoms with E-state index in [1.807, 2.05) is 0 Å². The first kappa shape index (κ1) is 36.0. The molecule has 0 N–H and O–H groups in total. The van der Waals surface area contributed by atoms with Crippen molar-refractivity contribution in [2.24, 2.45) is 0 Å². The van der Waals surface area contributed by atoms with E-state index in [0.29, 0.717) is 0 Å². The van der Waals surface area contributed by atoms with Gasteiger partial charge in [0.15, 0.2) is 0 Å². The van der Waals surface area contributed by atoms with E-state index in [9.17, 15) is 0 Å². The first-order valence-electron chi connectivity index (χ1n) is 5.53. The number of hydrogen-bond donors (Lipinski definition) is 0. The Morgan fingerprint density at radius 1 is 0.706 bits per heavy atom. The number of allylic oxidation sites excluding steroid dienone is 4. The molecule has 0 bridgehead atoms. The fourth-order valence-corrected chi connectivity index (χ4v) is 0.826. The summed E-state index contributed by atoms with van der Waals surface area (Å²) < 4.78 is 0. The Balaban J connectivity index is -0.0000000290. The lowest BCUT2D eigenvalue weighted by atomic mass is 10.2. The predicted octanol–water partition coefficient (Wildman–Crippen LogP) is 7.66. The van der Waals surface area contributed by atoms with Crippen LogP contribution in [0, 0.1) is 0 Å². The van der Waals surface area contributed by atoms with Crippen LogP contribution in [-0.4, -0.2) is 0 Å². The maximum atomic E-state index is 2.26. The molecule has 110 valence electrons. The minimum absolute atomic E-state index is 0. The zero-order valence-electron chi connectivity index (χ0n) is 10.1. The van der Waals surface area contributed by atoms with Gasteiger partial charge in [0.25, 0.3) is 0 Å². The lowest BCUT2D eigenvalue weighted by molar-refractivity contribution is 1.06. The molecule has 0 rings (SSSR count). The Morgan fingerprint density at radius 2 is 1.06 bits per heavy atom. The van der Waals surface area contributed by atoms with Crippen molar-refractivity contribution < 1.29 is 0 Å². The Bertz CT molecular complexity index is 123. The van der Waals surface area contributed by atoms with E-state index in [1.165, 1.54) is 31.3 Å². The van der Waals surface area contributed by atoms with Crippen molar-refractivity contribution in [2.45, 2.75) is 90.0 Å². The molecule has 0 saturated carbocycles. The predicted molar refractivity (Wildman–Crippen MR) is 91.0 cm³/mol. The monoisotopic (exact) mass is 246 g/mol. The molecule has 0 heteroatoms. The third-order valence-electron chi connectivity index (χ3n) is 1.75. The molecule has 0 aromatic carbocycles. The van der Waals surface area contributed by atoms with Gasteiger partial charge in [-0.3, -0.25) is 0 Å². The SMILES string of the molecule is C.C.C.C.CCC=C(C)CC.CCC=CCC. The smallest absolute Gasteiger partial charge is 0.0352 e. The molecule has 0 radical (unpaired) electrons. The first-order chi connectivity index (χ1) is 6.22. The Morgan fingerprint density at radius 3 is 1.18 bits per heavy atom. The quantitative estimate of drug-likeness (QED) is 0.447. The minimum atomic E-state index is 0. The van der Waals surface area contributed by atoms with Crippen LogP contribution in [0.4, 0.5) is 0 Å². The minimum Gasteiger partial charge on any atom is -0.0888 e. The Hall–Kier alpha value is -0.520. The molecule has 0 aliphatic carbocycles. The van der Waals surface area contributed by atoms with Crippen LogP contribution in [0.1, 0.15) is 90.0 Å². The maximum absolute atomic E-state index is 2.26. The summed E-state index contributed by atoms with van der Waals surface area (Å²) in [5, 5.41) is 0. The van der Waals surface area contributed by atoms with Crippen molar-refractivity contribution in [3.63, 3.8) is 0 Å². The largest absolute Gasteiger partial charge is 0.0888 e. The standard InChI is InChI=1S/C7H14.C6H12.4CH4/c1-4-6-7(3)5-2;1-3-5-6-4-2;;;;/h6H,4-5H2,1-3H3;5-6H,3-4H2,1-2H3;4*1H4. The van der Waals surface area contributed by atoms with Crippen LogP contribution in [0.3, 0.4) is 0 Å². The summed E-state index contributed by atoms with van der Waals surface area (Å²) in [7, 11) is 0. The van der Waals surface area contributed by atoms with E-state index in [1.54, 1.807) is 0 Å². The fourth-order valence-electron chi connectivity index (χ4n) is 0.826. The zero-order valence-corrected chi connectivity index (χ0v) is 10.1. The third-order valence-corrected chi connectivity index (χ3v) is 1.75. The highest BCUT2D eigenvalue weighted by molar-refractivity contribution is 4.95. The molecular weight excluding hydrogens is 204 g/mol.